The van der Waals surface area contributed by atoms with Gasteiger partial charge in [-0.2, -0.15) is 0 Å². The van der Waals surface area contributed by atoms with Crippen LogP contribution in [0.25, 0.3) is 0 Å². The molecule has 1 aromatic rings. The van der Waals surface area contributed by atoms with Crippen molar-refractivity contribution in [3.63, 3.8) is 0 Å². The highest BCUT2D eigenvalue weighted by atomic mass is 15.1. The average Bonchev–Trinajstić information content (AvgIpc) is 2.36. The molecule has 0 aromatic heterocycles. The monoisotopic (exact) mass is 248 g/mol. The minimum Gasteiger partial charge on any atom is -0.374 e. The Bertz CT molecular complexity index is 362. The molecule has 1 N–H and O–H groups in total. The third-order valence-corrected chi connectivity index (χ3v) is 3.72. The fourth-order valence-corrected chi connectivity index (χ4v) is 2.25. The van der Waals surface area contributed by atoms with Crippen LogP contribution >= 0.6 is 0 Å². The van der Waals surface area contributed by atoms with Gasteiger partial charge in [0.2, 0.25) is 0 Å². The van der Waals surface area contributed by atoms with Gasteiger partial charge in [0, 0.05) is 25.8 Å². The first-order chi connectivity index (χ1) is 8.50. The van der Waals surface area contributed by atoms with Crippen LogP contribution in [-0.2, 0) is 0 Å². The third kappa shape index (κ3) is 4.34. The molecule has 0 fully saturated rings. The van der Waals surface area contributed by atoms with Crippen molar-refractivity contribution in [1.82, 2.24) is 5.32 Å². The van der Waals surface area contributed by atoms with Gasteiger partial charge >= 0.3 is 0 Å². The zero-order valence-electron chi connectivity index (χ0n) is 12.6. The highest BCUT2D eigenvalue weighted by Gasteiger charge is 2.23. The van der Waals surface area contributed by atoms with E-state index in [1.165, 1.54) is 17.7 Å². The van der Waals surface area contributed by atoms with Gasteiger partial charge in [-0.3, -0.25) is 0 Å². The summed E-state index contributed by atoms with van der Waals surface area (Å²) in [6.07, 6.45) is 1.19. The SMILES string of the molecule is CCNCC(C)(CC)CN(C)c1cccc(C)c1. The van der Waals surface area contributed by atoms with Crippen molar-refractivity contribution >= 4 is 5.69 Å². The predicted octanol–water partition coefficient (Wildman–Crippen LogP) is 3.46. The Balaban J connectivity index is 2.69. The normalized spacial score (nSPS) is 14.3. The molecule has 0 radical (unpaired) electrons. The van der Waals surface area contributed by atoms with Crippen LogP contribution in [0.3, 0.4) is 0 Å². The second-order valence-electron chi connectivity index (χ2n) is 5.64. The van der Waals surface area contributed by atoms with Gasteiger partial charge in [0.15, 0.2) is 0 Å². The molecule has 0 aliphatic rings. The third-order valence-electron chi connectivity index (χ3n) is 3.72. The summed E-state index contributed by atoms with van der Waals surface area (Å²) in [5.74, 6) is 0. The molecular weight excluding hydrogens is 220 g/mol. The molecule has 1 unspecified atom stereocenters. The first-order valence-corrected chi connectivity index (χ1v) is 6.99. The van der Waals surface area contributed by atoms with Crippen molar-refractivity contribution < 1.29 is 0 Å². The van der Waals surface area contributed by atoms with Crippen LogP contribution in [0, 0.1) is 12.3 Å². The molecule has 0 bridgehead atoms. The lowest BCUT2D eigenvalue weighted by atomic mass is 9.86. The molecule has 1 atom stereocenters. The van der Waals surface area contributed by atoms with Crippen LogP contribution < -0.4 is 10.2 Å². The van der Waals surface area contributed by atoms with Crippen LogP contribution in [0.2, 0.25) is 0 Å². The van der Waals surface area contributed by atoms with Gasteiger partial charge in [-0.05, 0) is 43.0 Å². The number of nitrogens with one attached hydrogen (secondary N) is 1. The van der Waals surface area contributed by atoms with E-state index in [0.29, 0.717) is 5.41 Å². The fourth-order valence-electron chi connectivity index (χ4n) is 2.25. The van der Waals surface area contributed by atoms with Crippen LogP contribution in [0.1, 0.15) is 32.8 Å². The molecule has 102 valence electrons. The number of benzene rings is 1. The fraction of sp³-hybridized carbons (Fsp3) is 0.625. The minimum absolute atomic E-state index is 0.328. The van der Waals surface area contributed by atoms with Crippen LogP contribution in [0.5, 0.6) is 0 Å². The minimum atomic E-state index is 0.328. The van der Waals surface area contributed by atoms with E-state index in [2.05, 4.69) is 69.2 Å². The number of nitrogens with zero attached hydrogens (tertiary/aromatic N) is 1. The van der Waals surface area contributed by atoms with Gasteiger partial charge in [0.05, 0.1) is 0 Å². The average molecular weight is 248 g/mol. The van der Waals surface area contributed by atoms with E-state index < -0.39 is 0 Å². The zero-order valence-corrected chi connectivity index (χ0v) is 12.6. The molecule has 1 rings (SSSR count). The molecule has 0 aliphatic carbocycles. The van der Waals surface area contributed by atoms with Gasteiger partial charge in [-0.25, -0.2) is 0 Å². The van der Waals surface area contributed by atoms with E-state index in [1.54, 1.807) is 0 Å². The predicted molar refractivity (Wildman–Crippen MR) is 81.4 cm³/mol. The summed E-state index contributed by atoms with van der Waals surface area (Å²) in [4.78, 5) is 2.37. The largest absolute Gasteiger partial charge is 0.374 e. The molecule has 0 saturated carbocycles. The van der Waals surface area contributed by atoms with Crippen molar-refractivity contribution in [1.29, 1.82) is 0 Å². The summed E-state index contributed by atoms with van der Waals surface area (Å²) >= 11 is 0. The highest BCUT2D eigenvalue weighted by molar-refractivity contribution is 5.47. The zero-order chi connectivity index (χ0) is 13.6. The Labute approximate surface area is 112 Å². The lowest BCUT2D eigenvalue weighted by molar-refractivity contribution is 0.302. The second-order valence-corrected chi connectivity index (χ2v) is 5.64. The van der Waals surface area contributed by atoms with Crippen LogP contribution in [0.4, 0.5) is 5.69 Å². The Kier molecular flexibility index (Phi) is 5.67. The molecule has 18 heavy (non-hydrogen) atoms. The maximum atomic E-state index is 3.48. The number of rotatable bonds is 7. The molecule has 0 spiro atoms. The summed E-state index contributed by atoms with van der Waals surface area (Å²) in [5, 5.41) is 3.48. The van der Waals surface area contributed by atoms with Gasteiger partial charge in [-0.1, -0.05) is 32.9 Å². The number of hydrogen-bond donors (Lipinski definition) is 1. The van der Waals surface area contributed by atoms with E-state index in [9.17, 15) is 0 Å². The lowest BCUT2D eigenvalue weighted by Gasteiger charge is -2.34. The summed E-state index contributed by atoms with van der Waals surface area (Å²) in [6, 6.07) is 8.73. The molecule has 0 amide bonds. The number of hydrogen-bond acceptors (Lipinski definition) is 2. The van der Waals surface area contributed by atoms with Crippen molar-refractivity contribution in [2.45, 2.75) is 34.1 Å². The van der Waals surface area contributed by atoms with Crippen molar-refractivity contribution in [2.24, 2.45) is 5.41 Å². The maximum absolute atomic E-state index is 3.48. The first-order valence-electron chi connectivity index (χ1n) is 6.99. The molecule has 2 nitrogen and oxygen atoms in total. The topological polar surface area (TPSA) is 15.3 Å². The Morgan fingerprint density at radius 1 is 1.28 bits per heavy atom. The van der Waals surface area contributed by atoms with Crippen molar-refractivity contribution in [3.8, 4) is 0 Å². The number of aryl methyl sites for hydroxylation is 1. The Hall–Kier alpha value is -1.02. The van der Waals surface area contributed by atoms with Crippen molar-refractivity contribution in [2.75, 3.05) is 31.6 Å². The quantitative estimate of drug-likeness (QED) is 0.795. The van der Waals surface area contributed by atoms with Gasteiger partial charge < -0.3 is 10.2 Å². The summed E-state index contributed by atoms with van der Waals surface area (Å²) < 4.78 is 0. The smallest absolute Gasteiger partial charge is 0.0366 e. The molecule has 0 aliphatic heterocycles. The van der Waals surface area contributed by atoms with E-state index in [-0.39, 0.29) is 0 Å². The van der Waals surface area contributed by atoms with Gasteiger partial charge in [-0.15, -0.1) is 0 Å². The van der Waals surface area contributed by atoms with Crippen LogP contribution in [-0.4, -0.2) is 26.7 Å². The summed E-state index contributed by atoms with van der Waals surface area (Å²) in [6.45, 7) is 12.2. The molecule has 0 heterocycles. The lowest BCUT2D eigenvalue weighted by Crippen LogP contribution is -2.40. The van der Waals surface area contributed by atoms with Crippen molar-refractivity contribution in [3.05, 3.63) is 29.8 Å². The summed E-state index contributed by atoms with van der Waals surface area (Å²) in [5.41, 5.74) is 2.96. The van der Waals surface area contributed by atoms with Crippen LogP contribution in [0.15, 0.2) is 24.3 Å². The standard InChI is InChI=1S/C16H28N2/c1-6-16(4,12-17-7-2)13-18(5)15-10-8-9-14(3)11-15/h8-11,17H,6-7,12-13H2,1-5H3. The van der Waals surface area contributed by atoms with E-state index in [1.807, 2.05) is 0 Å². The molecule has 2 heteroatoms. The molecule has 0 saturated heterocycles. The number of anilines is 1. The molecule has 1 aromatic carbocycles. The maximum Gasteiger partial charge on any atom is 0.0366 e. The van der Waals surface area contributed by atoms with Gasteiger partial charge in [0.1, 0.15) is 0 Å². The van der Waals surface area contributed by atoms with E-state index in [0.717, 1.165) is 19.6 Å². The van der Waals surface area contributed by atoms with E-state index in [4.69, 9.17) is 0 Å². The Morgan fingerprint density at radius 2 is 2.00 bits per heavy atom. The van der Waals surface area contributed by atoms with Gasteiger partial charge in [0.25, 0.3) is 0 Å². The van der Waals surface area contributed by atoms with E-state index >= 15 is 0 Å². The Morgan fingerprint density at radius 3 is 2.56 bits per heavy atom. The molecular formula is C16H28N2. The second kappa shape index (κ2) is 6.79. The highest BCUT2D eigenvalue weighted by Crippen LogP contribution is 2.24. The first kappa shape index (κ1) is 15.0. The summed E-state index contributed by atoms with van der Waals surface area (Å²) in [7, 11) is 2.19.